The highest BCUT2D eigenvalue weighted by molar-refractivity contribution is 14.1. The maximum absolute atomic E-state index is 13.1. The van der Waals surface area contributed by atoms with Crippen LogP contribution in [0.3, 0.4) is 0 Å². The molecule has 1 N–H and O–H groups in total. The van der Waals surface area contributed by atoms with Crippen LogP contribution in [0.15, 0.2) is 48.5 Å². The summed E-state index contributed by atoms with van der Waals surface area (Å²) in [7, 11) is 1.67. The highest BCUT2D eigenvalue weighted by atomic mass is 127. The second kappa shape index (κ2) is 6.86. The summed E-state index contributed by atoms with van der Waals surface area (Å²) >= 11 is 2.12. The van der Waals surface area contributed by atoms with E-state index in [0.717, 1.165) is 14.8 Å². The summed E-state index contributed by atoms with van der Waals surface area (Å²) in [5.74, 6) is -0.224. The van der Waals surface area contributed by atoms with Gasteiger partial charge in [0.1, 0.15) is 5.82 Å². The number of hydrogen-bond donors (Lipinski definition) is 1. The minimum absolute atomic E-state index is 0.0465. The van der Waals surface area contributed by atoms with Crippen LogP contribution in [0.25, 0.3) is 0 Å². The standard InChI is InChI=1S/C15H15FINO/c1-19-10-15(11-5-3-2-4-6-11)18-14-8-7-12(16)9-13(14)17/h2-9,15,18H,10H2,1H3. The maximum Gasteiger partial charge on any atom is 0.124 e. The predicted molar refractivity (Wildman–Crippen MR) is 83.8 cm³/mol. The normalized spacial score (nSPS) is 12.2. The Hall–Kier alpha value is -1.14. The maximum atomic E-state index is 13.1. The summed E-state index contributed by atoms with van der Waals surface area (Å²) in [6.07, 6.45) is 0. The Morgan fingerprint density at radius 2 is 1.95 bits per heavy atom. The molecule has 0 bridgehead atoms. The highest BCUT2D eigenvalue weighted by Gasteiger charge is 2.12. The van der Waals surface area contributed by atoms with Crippen molar-refractivity contribution in [3.05, 3.63) is 63.5 Å². The zero-order chi connectivity index (χ0) is 13.7. The molecule has 0 amide bonds. The summed E-state index contributed by atoms with van der Waals surface area (Å²) in [5.41, 5.74) is 2.05. The first-order valence-electron chi connectivity index (χ1n) is 5.96. The van der Waals surface area contributed by atoms with Crippen LogP contribution < -0.4 is 5.32 Å². The molecule has 2 rings (SSSR count). The van der Waals surface area contributed by atoms with Crippen LogP contribution in [0.4, 0.5) is 10.1 Å². The Balaban J connectivity index is 2.21. The Morgan fingerprint density at radius 3 is 2.58 bits per heavy atom. The van der Waals surface area contributed by atoms with Crippen LogP contribution in [0.1, 0.15) is 11.6 Å². The molecule has 0 spiro atoms. The molecule has 100 valence electrons. The van der Waals surface area contributed by atoms with E-state index >= 15 is 0 Å². The number of halogens is 2. The number of anilines is 1. The van der Waals surface area contributed by atoms with Crippen LogP contribution >= 0.6 is 22.6 Å². The van der Waals surface area contributed by atoms with Crippen molar-refractivity contribution in [3.63, 3.8) is 0 Å². The molecule has 0 heterocycles. The van der Waals surface area contributed by atoms with Crippen molar-refractivity contribution in [2.75, 3.05) is 19.0 Å². The molecule has 4 heteroatoms. The second-order valence-electron chi connectivity index (χ2n) is 4.19. The van der Waals surface area contributed by atoms with E-state index in [4.69, 9.17) is 4.74 Å². The molecule has 0 radical (unpaired) electrons. The van der Waals surface area contributed by atoms with Crippen molar-refractivity contribution < 1.29 is 9.13 Å². The molecule has 0 saturated carbocycles. The molecule has 2 aromatic rings. The molecule has 0 fully saturated rings. The zero-order valence-corrected chi connectivity index (χ0v) is 12.7. The lowest BCUT2D eigenvalue weighted by Crippen LogP contribution is -2.16. The lowest BCUT2D eigenvalue weighted by Gasteiger charge is -2.20. The van der Waals surface area contributed by atoms with Gasteiger partial charge < -0.3 is 10.1 Å². The van der Waals surface area contributed by atoms with Crippen LogP contribution in [0.2, 0.25) is 0 Å². The van der Waals surface area contributed by atoms with E-state index in [0.29, 0.717) is 6.61 Å². The topological polar surface area (TPSA) is 21.3 Å². The number of methoxy groups -OCH3 is 1. The number of rotatable bonds is 5. The first-order chi connectivity index (χ1) is 9.20. The van der Waals surface area contributed by atoms with Crippen molar-refractivity contribution >= 4 is 28.3 Å². The second-order valence-corrected chi connectivity index (χ2v) is 5.35. The smallest absolute Gasteiger partial charge is 0.124 e. The van der Waals surface area contributed by atoms with Gasteiger partial charge in [-0.05, 0) is 46.4 Å². The van der Waals surface area contributed by atoms with Gasteiger partial charge in [0.05, 0.1) is 12.6 Å². The zero-order valence-electron chi connectivity index (χ0n) is 10.6. The van der Waals surface area contributed by atoms with E-state index < -0.39 is 0 Å². The Bertz CT molecular complexity index is 533. The summed E-state index contributed by atoms with van der Waals surface area (Å²) in [6, 6.07) is 14.8. The van der Waals surface area contributed by atoms with Crippen molar-refractivity contribution in [1.82, 2.24) is 0 Å². The van der Waals surface area contributed by atoms with Gasteiger partial charge in [-0.3, -0.25) is 0 Å². The molecule has 2 aromatic carbocycles. The van der Waals surface area contributed by atoms with Gasteiger partial charge in [0.15, 0.2) is 0 Å². The number of ether oxygens (including phenoxy) is 1. The molecular formula is C15H15FINO. The van der Waals surface area contributed by atoms with E-state index in [-0.39, 0.29) is 11.9 Å². The minimum Gasteiger partial charge on any atom is -0.382 e. The Morgan fingerprint density at radius 1 is 1.21 bits per heavy atom. The first kappa shape index (κ1) is 14.3. The number of nitrogens with one attached hydrogen (secondary N) is 1. The number of benzene rings is 2. The van der Waals surface area contributed by atoms with Gasteiger partial charge in [-0.1, -0.05) is 30.3 Å². The third-order valence-electron chi connectivity index (χ3n) is 2.80. The molecule has 0 aliphatic rings. The fourth-order valence-corrected chi connectivity index (χ4v) is 2.50. The van der Waals surface area contributed by atoms with Crippen molar-refractivity contribution in [2.45, 2.75) is 6.04 Å². The van der Waals surface area contributed by atoms with Crippen LogP contribution in [0, 0.1) is 9.39 Å². The van der Waals surface area contributed by atoms with E-state index in [2.05, 4.69) is 27.9 Å². The average molecular weight is 371 g/mol. The fraction of sp³-hybridized carbons (Fsp3) is 0.200. The third kappa shape index (κ3) is 3.91. The SMILES string of the molecule is COCC(Nc1ccc(F)cc1I)c1ccccc1. The van der Waals surface area contributed by atoms with Crippen molar-refractivity contribution in [3.8, 4) is 0 Å². The number of hydrogen-bond acceptors (Lipinski definition) is 2. The molecule has 1 unspecified atom stereocenters. The lowest BCUT2D eigenvalue weighted by atomic mass is 10.1. The average Bonchev–Trinajstić information content (AvgIpc) is 2.42. The summed E-state index contributed by atoms with van der Waals surface area (Å²) in [6.45, 7) is 0.553. The summed E-state index contributed by atoms with van der Waals surface area (Å²) in [5, 5.41) is 3.39. The van der Waals surface area contributed by atoms with E-state index in [1.54, 1.807) is 13.2 Å². The fourth-order valence-electron chi connectivity index (χ4n) is 1.87. The van der Waals surface area contributed by atoms with E-state index in [1.807, 2.05) is 30.3 Å². The van der Waals surface area contributed by atoms with Crippen molar-refractivity contribution in [1.29, 1.82) is 0 Å². The van der Waals surface area contributed by atoms with Gasteiger partial charge in [0.25, 0.3) is 0 Å². The van der Waals surface area contributed by atoms with Gasteiger partial charge in [-0.25, -0.2) is 4.39 Å². The lowest BCUT2D eigenvalue weighted by molar-refractivity contribution is 0.186. The van der Waals surface area contributed by atoms with Crippen LogP contribution in [-0.2, 0) is 4.74 Å². The quantitative estimate of drug-likeness (QED) is 0.795. The molecular weight excluding hydrogens is 356 g/mol. The van der Waals surface area contributed by atoms with Crippen LogP contribution in [0.5, 0.6) is 0 Å². The van der Waals surface area contributed by atoms with Gasteiger partial charge in [-0.2, -0.15) is 0 Å². The van der Waals surface area contributed by atoms with Crippen LogP contribution in [-0.4, -0.2) is 13.7 Å². The molecule has 0 aliphatic heterocycles. The molecule has 1 atom stereocenters. The summed E-state index contributed by atoms with van der Waals surface area (Å²) < 4.78 is 19.2. The monoisotopic (exact) mass is 371 g/mol. The molecule has 2 nitrogen and oxygen atoms in total. The highest BCUT2D eigenvalue weighted by Crippen LogP contribution is 2.24. The van der Waals surface area contributed by atoms with Gasteiger partial charge in [0, 0.05) is 16.4 Å². The third-order valence-corrected chi connectivity index (χ3v) is 3.69. The van der Waals surface area contributed by atoms with Gasteiger partial charge in [0.2, 0.25) is 0 Å². The van der Waals surface area contributed by atoms with Crippen molar-refractivity contribution in [2.24, 2.45) is 0 Å². The Kier molecular flexibility index (Phi) is 5.15. The van der Waals surface area contributed by atoms with Gasteiger partial charge in [-0.15, -0.1) is 0 Å². The molecule has 0 aliphatic carbocycles. The molecule has 0 saturated heterocycles. The summed E-state index contributed by atoms with van der Waals surface area (Å²) in [4.78, 5) is 0. The predicted octanol–water partition coefficient (Wildman–Crippen LogP) is 4.23. The molecule has 19 heavy (non-hydrogen) atoms. The van der Waals surface area contributed by atoms with Gasteiger partial charge >= 0.3 is 0 Å². The first-order valence-corrected chi connectivity index (χ1v) is 7.04. The van der Waals surface area contributed by atoms with E-state index in [9.17, 15) is 4.39 Å². The van der Waals surface area contributed by atoms with E-state index in [1.165, 1.54) is 12.1 Å². The minimum atomic E-state index is -0.224. The Labute approximate surface area is 126 Å². The largest absolute Gasteiger partial charge is 0.382 e. The molecule has 0 aromatic heterocycles.